The van der Waals surface area contributed by atoms with Gasteiger partial charge in [-0.15, -0.1) is 0 Å². The molecule has 19 heavy (non-hydrogen) atoms. The summed E-state index contributed by atoms with van der Waals surface area (Å²) in [6.07, 6.45) is 5.09. The third-order valence-corrected chi connectivity index (χ3v) is 2.95. The van der Waals surface area contributed by atoms with Crippen molar-refractivity contribution in [3.63, 3.8) is 0 Å². The van der Waals surface area contributed by atoms with Crippen LogP contribution in [0, 0.1) is 0 Å². The lowest BCUT2D eigenvalue weighted by molar-refractivity contribution is 0.0775. The zero-order valence-corrected chi connectivity index (χ0v) is 11.2. The molecule has 0 saturated carbocycles. The second-order valence-electron chi connectivity index (χ2n) is 4.55. The Morgan fingerprint density at radius 1 is 1.47 bits per heavy atom. The SMILES string of the molecule is CC(=O)c1cc(C(=O)N(C)Cc2cn[nH]c2)n(C)c1. The maximum absolute atomic E-state index is 12.3. The van der Waals surface area contributed by atoms with E-state index in [9.17, 15) is 9.59 Å². The van der Waals surface area contributed by atoms with Crippen molar-refractivity contribution >= 4 is 11.7 Å². The molecule has 0 saturated heterocycles. The van der Waals surface area contributed by atoms with Gasteiger partial charge in [-0.2, -0.15) is 5.10 Å². The van der Waals surface area contributed by atoms with Crippen LogP contribution >= 0.6 is 0 Å². The second-order valence-corrected chi connectivity index (χ2v) is 4.55. The van der Waals surface area contributed by atoms with Crippen LogP contribution in [0.15, 0.2) is 24.7 Å². The zero-order chi connectivity index (χ0) is 14.0. The highest BCUT2D eigenvalue weighted by atomic mass is 16.2. The Hall–Kier alpha value is -2.37. The Bertz CT molecular complexity index is 598. The van der Waals surface area contributed by atoms with Crippen LogP contribution in [-0.2, 0) is 13.6 Å². The number of aromatic nitrogens is 3. The van der Waals surface area contributed by atoms with Crippen LogP contribution in [0.1, 0.15) is 33.3 Å². The molecule has 2 heterocycles. The van der Waals surface area contributed by atoms with Crippen molar-refractivity contribution in [2.45, 2.75) is 13.5 Å². The summed E-state index contributed by atoms with van der Waals surface area (Å²) in [5, 5.41) is 6.55. The quantitative estimate of drug-likeness (QED) is 0.840. The normalized spacial score (nSPS) is 10.5. The molecule has 0 aromatic carbocycles. The van der Waals surface area contributed by atoms with Crippen LogP contribution in [0.2, 0.25) is 0 Å². The number of amides is 1. The molecule has 0 unspecified atom stereocenters. The molecule has 0 spiro atoms. The molecule has 6 nitrogen and oxygen atoms in total. The number of hydrogen-bond donors (Lipinski definition) is 1. The zero-order valence-electron chi connectivity index (χ0n) is 11.2. The van der Waals surface area contributed by atoms with Crippen LogP contribution < -0.4 is 0 Å². The van der Waals surface area contributed by atoms with Crippen molar-refractivity contribution in [1.82, 2.24) is 19.7 Å². The molecule has 0 aliphatic rings. The number of aromatic amines is 1. The van der Waals surface area contributed by atoms with Crippen LogP contribution in [0.3, 0.4) is 0 Å². The number of carbonyl (C=O) groups is 2. The standard InChI is InChI=1S/C13H16N4O2/c1-9(18)11-4-12(16(2)8-11)13(19)17(3)7-10-5-14-15-6-10/h4-6,8H,7H2,1-3H3,(H,14,15). The first-order chi connectivity index (χ1) is 8.99. The van der Waals surface area contributed by atoms with E-state index in [1.165, 1.54) is 6.92 Å². The summed E-state index contributed by atoms with van der Waals surface area (Å²) in [6.45, 7) is 1.95. The molecule has 100 valence electrons. The van der Waals surface area contributed by atoms with E-state index < -0.39 is 0 Å². The molecule has 1 amide bonds. The third kappa shape index (κ3) is 2.73. The predicted octanol–water partition coefficient (Wildman–Crippen LogP) is 1.22. The number of ketones is 1. The Kier molecular flexibility index (Phi) is 3.50. The van der Waals surface area contributed by atoms with Gasteiger partial charge in [0.25, 0.3) is 5.91 Å². The molecule has 0 bridgehead atoms. The van der Waals surface area contributed by atoms with E-state index in [-0.39, 0.29) is 11.7 Å². The van der Waals surface area contributed by atoms with Gasteiger partial charge >= 0.3 is 0 Å². The first-order valence-electron chi connectivity index (χ1n) is 5.89. The monoisotopic (exact) mass is 260 g/mol. The van der Waals surface area contributed by atoms with Crippen molar-refractivity contribution in [3.05, 3.63) is 41.5 Å². The van der Waals surface area contributed by atoms with Gasteiger partial charge in [-0.05, 0) is 13.0 Å². The van der Waals surface area contributed by atoms with Crippen LogP contribution in [0.4, 0.5) is 0 Å². The second kappa shape index (κ2) is 5.09. The molecular weight excluding hydrogens is 244 g/mol. The van der Waals surface area contributed by atoms with Gasteiger partial charge in [0.15, 0.2) is 5.78 Å². The first-order valence-corrected chi connectivity index (χ1v) is 5.89. The van der Waals surface area contributed by atoms with Gasteiger partial charge in [0.05, 0.1) is 6.20 Å². The van der Waals surface area contributed by atoms with E-state index in [4.69, 9.17) is 0 Å². The minimum absolute atomic E-state index is 0.0489. The molecule has 0 radical (unpaired) electrons. The molecule has 0 fully saturated rings. The maximum Gasteiger partial charge on any atom is 0.270 e. The van der Waals surface area contributed by atoms with E-state index in [0.29, 0.717) is 17.8 Å². The fourth-order valence-corrected chi connectivity index (χ4v) is 1.87. The first kappa shape index (κ1) is 13.1. The van der Waals surface area contributed by atoms with E-state index in [0.717, 1.165) is 5.56 Å². The van der Waals surface area contributed by atoms with Gasteiger partial charge in [-0.3, -0.25) is 14.7 Å². The largest absolute Gasteiger partial charge is 0.346 e. The lowest BCUT2D eigenvalue weighted by atomic mass is 10.2. The van der Waals surface area contributed by atoms with Crippen LogP contribution in [-0.4, -0.2) is 38.4 Å². The Morgan fingerprint density at radius 2 is 2.21 bits per heavy atom. The van der Waals surface area contributed by atoms with Crippen molar-refractivity contribution in [1.29, 1.82) is 0 Å². The van der Waals surface area contributed by atoms with E-state index in [1.807, 2.05) is 0 Å². The highest BCUT2D eigenvalue weighted by Gasteiger charge is 2.17. The van der Waals surface area contributed by atoms with Gasteiger partial charge in [0.1, 0.15) is 5.69 Å². The molecule has 6 heteroatoms. The fraction of sp³-hybridized carbons (Fsp3) is 0.308. The summed E-state index contributed by atoms with van der Waals surface area (Å²) >= 11 is 0. The summed E-state index contributed by atoms with van der Waals surface area (Å²) in [5.74, 6) is -0.177. The van der Waals surface area contributed by atoms with Gasteiger partial charge in [-0.25, -0.2) is 0 Å². The highest BCUT2D eigenvalue weighted by molar-refractivity contribution is 5.99. The summed E-state index contributed by atoms with van der Waals surface area (Å²) in [6, 6.07) is 1.62. The lowest BCUT2D eigenvalue weighted by Crippen LogP contribution is -2.27. The molecule has 0 aliphatic carbocycles. The van der Waals surface area contributed by atoms with Gasteiger partial charge in [0.2, 0.25) is 0 Å². The molecule has 1 N–H and O–H groups in total. The fourth-order valence-electron chi connectivity index (χ4n) is 1.87. The van der Waals surface area contributed by atoms with Crippen LogP contribution in [0.25, 0.3) is 0 Å². The number of rotatable bonds is 4. The van der Waals surface area contributed by atoms with Crippen molar-refractivity contribution in [2.75, 3.05) is 7.05 Å². The summed E-state index contributed by atoms with van der Waals surface area (Å²) in [4.78, 5) is 25.2. The summed E-state index contributed by atoms with van der Waals surface area (Å²) < 4.78 is 1.67. The topological polar surface area (TPSA) is 71.0 Å². The summed E-state index contributed by atoms with van der Waals surface area (Å²) in [5.41, 5.74) is 1.97. The Labute approximate surface area is 111 Å². The minimum Gasteiger partial charge on any atom is -0.346 e. The Morgan fingerprint density at radius 3 is 2.74 bits per heavy atom. The molecule has 0 aliphatic heterocycles. The van der Waals surface area contributed by atoms with Crippen molar-refractivity contribution in [2.24, 2.45) is 7.05 Å². The predicted molar refractivity (Wildman–Crippen MR) is 69.8 cm³/mol. The molecule has 2 aromatic rings. The Balaban J connectivity index is 2.17. The number of carbonyl (C=O) groups excluding carboxylic acids is 2. The third-order valence-electron chi connectivity index (χ3n) is 2.95. The number of H-pyrrole nitrogens is 1. The lowest BCUT2D eigenvalue weighted by Gasteiger charge is -2.16. The minimum atomic E-state index is -0.129. The molecular formula is C13H16N4O2. The number of aryl methyl sites for hydroxylation is 1. The van der Waals surface area contributed by atoms with E-state index in [1.54, 1.807) is 48.2 Å². The molecule has 2 aromatic heterocycles. The number of Topliss-reactive ketones (excluding diaryl/α,β-unsaturated/α-hetero) is 1. The van der Waals surface area contributed by atoms with E-state index in [2.05, 4.69) is 10.2 Å². The highest BCUT2D eigenvalue weighted by Crippen LogP contribution is 2.12. The average molecular weight is 260 g/mol. The van der Waals surface area contributed by atoms with Gasteiger partial charge in [-0.1, -0.05) is 0 Å². The van der Waals surface area contributed by atoms with Crippen molar-refractivity contribution in [3.8, 4) is 0 Å². The van der Waals surface area contributed by atoms with Crippen LogP contribution in [0.5, 0.6) is 0 Å². The number of hydrogen-bond acceptors (Lipinski definition) is 3. The van der Waals surface area contributed by atoms with Gasteiger partial charge < -0.3 is 9.47 Å². The number of nitrogens with zero attached hydrogens (tertiary/aromatic N) is 3. The maximum atomic E-state index is 12.3. The average Bonchev–Trinajstić information content (AvgIpc) is 2.97. The summed E-state index contributed by atoms with van der Waals surface area (Å²) in [7, 11) is 3.47. The van der Waals surface area contributed by atoms with Crippen molar-refractivity contribution < 1.29 is 9.59 Å². The van der Waals surface area contributed by atoms with Gasteiger partial charge in [0, 0.05) is 44.2 Å². The molecule has 2 rings (SSSR count). The molecule has 0 atom stereocenters. The van der Waals surface area contributed by atoms with E-state index >= 15 is 0 Å². The number of nitrogens with one attached hydrogen (secondary N) is 1. The smallest absolute Gasteiger partial charge is 0.270 e.